The minimum Gasteiger partial charge on any atom is -0.453 e. The Bertz CT molecular complexity index is 529. The normalized spacial score (nSPS) is 11.5. The molecule has 0 fully saturated rings. The topological polar surface area (TPSA) is 51.1 Å². The largest absolute Gasteiger partial charge is 0.453 e. The van der Waals surface area contributed by atoms with E-state index in [1.165, 1.54) is 24.1 Å². The number of carbonyl (C=O) groups is 1. The number of nitrogens with zero attached hydrogens (tertiary/aromatic N) is 2. The molecule has 1 rings (SSSR count). The molecule has 7 heteroatoms. The summed E-state index contributed by atoms with van der Waals surface area (Å²) in [5, 5.41) is 3.29. The van der Waals surface area contributed by atoms with Crippen molar-refractivity contribution >= 4 is 24.2 Å². The van der Waals surface area contributed by atoms with E-state index in [1.54, 1.807) is 6.07 Å². The van der Waals surface area contributed by atoms with E-state index in [-0.39, 0.29) is 12.1 Å². The zero-order valence-electron chi connectivity index (χ0n) is 12.4. The Labute approximate surface area is 128 Å². The fourth-order valence-corrected chi connectivity index (χ4v) is 1.76. The summed E-state index contributed by atoms with van der Waals surface area (Å²) >= 11 is 4.93. The van der Waals surface area contributed by atoms with Gasteiger partial charge in [-0.25, -0.2) is 9.18 Å². The number of hydrogen-bond donors (Lipinski definition) is 0. The molecule has 0 atom stereocenters. The lowest BCUT2D eigenvalue weighted by Gasteiger charge is -2.34. The van der Waals surface area contributed by atoms with E-state index >= 15 is 0 Å². The van der Waals surface area contributed by atoms with E-state index < -0.39 is 17.4 Å². The third kappa shape index (κ3) is 4.90. The Balaban J connectivity index is 2.98. The van der Waals surface area contributed by atoms with Crippen molar-refractivity contribution in [1.82, 2.24) is 4.90 Å². The summed E-state index contributed by atoms with van der Waals surface area (Å²) in [4.78, 5) is 13.3. The van der Waals surface area contributed by atoms with Crippen LogP contribution < -0.4 is 0 Å². The van der Waals surface area contributed by atoms with Gasteiger partial charge < -0.3 is 4.74 Å². The standard InChI is InChI=1S/C14H18ClFN2O3/c1-14(2,3)18(13(19)20-4)9-10-5-6-11(8-17-21-15)12(16)7-10/h5-8H,9H2,1-4H3/b17-8+. The van der Waals surface area contributed by atoms with Gasteiger partial charge in [0, 0.05) is 17.6 Å². The highest BCUT2D eigenvalue weighted by molar-refractivity contribution is 6.07. The third-order valence-electron chi connectivity index (χ3n) is 2.84. The van der Waals surface area contributed by atoms with Crippen molar-refractivity contribution in [3.63, 3.8) is 0 Å². The first-order chi connectivity index (χ1) is 9.79. The first-order valence-corrected chi connectivity index (χ1v) is 6.55. The minimum atomic E-state index is -0.483. The summed E-state index contributed by atoms with van der Waals surface area (Å²) in [6, 6.07) is 4.56. The smallest absolute Gasteiger partial charge is 0.410 e. The van der Waals surface area contributed by atoms with Crippen LogP contribution in [0.3, 0.4) is 0 Å². The van der Waals surface area contributed by atoms with Crippen molar-refractivity contribution in [1.29, 1.82) is 0 Å². The lowest BCUT2D eigenvalue weighted by atomic mass is 10.0. The van der Waals surface area contributed by atoms with E-state index in [0.29, 0.717) is 5.56 Å². The number of hydrogen-bond acceptors (Lipinski definition) is 4. The molecule has 0 unspecified atom stereocenters. The van der Waals surface area contributed by atoms with Crippen molar-refractivity contribution in [2.24, 2.45) is 5.16 Å². The first-order valence-electron chi connectivity index (χ1n) is 6.24. The van der Waals surface area contributed by atoms with Gasteiger partial charge in [0.1, 0.15) is 5.82 Å². The molecule has 0 aliphatic carbocycles. The van der Waals surface area contributed by atoms with Crippen LogP contribution in [0.2, 0.25) is 0 Å². The Kier molecular flexibility index (Phi) is 5.96. The quantitative estimate of drug-likeness (QED) is 0.628. The zero-order chi connectivity index (χ0) is 16.0. The van der Waals surface area contributed by atoms with Crippen LogP contribution in [0.25, 0.3) is 0 Å². The van der Waals surface area contributed by atoms with Crippen LogP contribution in [-0.2, 0) is 15.7 Å². The van der Waals surface area contributed by atoms with E-state index in [9.17, 15) is 9.18 Å². The van der Waals surface area contributed by atoms with E-state index in [0.717, 1.165) is 6.21 Å². The van der Waals surface area contributed by atoms with Gasteiger partial charge in [0.15, 0.2) is 11.9 Å². The molecule has 1 amide bonds. The molecule has 1 aromatic carbocycles. The Morgan fingerprint density at radius 3 is 2.62 bits per heavy atom. The van der Waals surface area contributed by atoms with Gasteiger partial charge in [-0.1, -0.05) is 17.3 Å². The molecule has 116 valence electrons. The second kappa shape index (κ2) is 7.26. The van der Waals surface area contributed by atoms with Gasteiger partial charge in [-0.05, 0) is 32.4 Å². The minimum absolute atomic E-state index is 0.233. The molecule has 21 heavy (non-hydrogen) atoms. The molecule has 0 aliphatic heterocycles. The molecule has 1 aromatic rings. The number of ether oxygens (including phenoxy) is 1. The molecule has 0 heterocycles. The lowest BCUT2D eigenvalue weighted by molar-refractivity contribution is 0.0792. The van der Waals surface area contributed by atoms with E-state index in [1.807, 2.05) is 20.8 Å². The fourth-order valence-electron chi connectivity index (χ4n) is 1.72. The molecular weight excluding hydrogens is 299 g/mol. The summed E-state index contributed by atoms with van der Waals surface area (Å²) in [6.07, 6.45) is 0.692. The molecule has 0 N–H and O–H groups in total. The molecule has 0 bridgehead atoms. The van der Waals surface area contributed by atoms with Crippen LogP contribution in [-0.4, -0.2) is 29.9 Å². The maximum Gasteiger partial charge on any atom is 0.410 e. The molecular formula is C14H18ClFN2O3. The molecule has 0 spiro atoms. The van der Waals surface area contributed by atoms with Crippen LogP contribution in [0.15, 0.2) is 23.4 Å². The Hall–Kier alpha value is -1.82. The van der Waals surface area contributed by atoms with Crippen LogP contribution in [0.1, 0.15) is 31.9 Å². The highest BCUT2D eigenvalue weighted by atomic mass is 35.5. The van der Waals surface area contributed by atoms with Gasteiger partial charge in [-0.2, -0.15) is 0 Å². The maximum atomic E-state index is 13.9. The number of methoxy groups -OCH3 is 1. The number of rotatable bonds is 4. The monoisotopic (exact) mass is 316 g/mol. The van der Waals surface area contributed by atoms with Crippen molar-refractivity contribution in [2.45, 2.75) is 32.9 Å². The van der Waals surface area contributed by atoms with Crippen molar-refractivity contribution in [3.05, 3.63) is 35.1 Å². The summed E-state index contributed by atoms with van der Waals surface area (Å²) in [5.41, 5.74) is 0.424. The molecule has 0 radical (unpaired) electrons. The Morgan fingerprint density at radius 1 is 1.48 bits per heavy atom. The van der Waals surface area contributed by atoms with Crippen LogP contribution in [0.5, 0.6) is 0 Å². The number of oxime groups is 1. The molecule has 0 aliphatic rings. The lowest BCUT2D eigenvalue weighted by Crippen LogP contribution is -2.45. The molecule has 0 aromatic heterocycles. The second-order valence-corrected chi connectivity index (χ2v) is 5.52. The van der Waals surface area contributed by atoms with Gasteiger partial charge >= 0.3 is 6.09 Å². The third-order valence-corrected chi connectivity index (χ3v) is 2.92. The van der Waals surface area contributed by atoms with Gasteiger partial charge in [0.2, 0.25) is 0 Å². The predicted octanol–water partition coefficient (Wildman–Crippen LogP) is 3.70. The number of amides is 1. The number of carbonyl (C=O) groups excluding carboxylic acids is 1. The zero-order valence-corrected chi connectivity index (χ0v) is 13.1. The van der Waals surface area contributed by atoms with Crippen LogP contribution in [0, 0.1) is 5.82 Å². The van der Waals surface area contributed by atoms with Gasteiger partial charge in [-0.3, -0.25) is 9.29 Å². The van der Waals surface area contributed by atoms with Crippen molar-refractivity contribution < 1.29 is 18.3 Å². The summed E-state index contributed by atoms with van der Waals surface area (Å²) in [6.45, 7) is 5.86. The summed E-state index contributed by atoms with van der Waals surface area (Å²) < 4.78 is 22.6. The van der Waals surface area contributed by atoms with Gasteiger partial charge in [-0.15, -0.1) is 0 Å². The molecule has 0 saturated heterocycles. The Morgan fingerprint density at radius 2 is 2.14 bits per heavy atom. The van der Waals surface area contributed by atoms with Crippen LogP contribution >= 0.6 is 11.9 Å². The highest BCUT2D eigenvalue weighted by Gasteiger charge is 2.27. The van der Waals surface area contributed by atoms with Gasteiger partial charge in [0.25, 0.3) is 0 Å². The molecule has 5 nitrogen and oxygen atoms in total. The summed E-state index contributed by atoms with van der Waals surface area (Å²) in [5.74, 6) is -0.483. The van der Waals surface area contributed by atoms with Crippen molar-refractivity contribution in [3.8, 4) is 0 Å². The number of halogens is 2. The summed E-state index contributed by atoms with van der Waals surface area (Å²) in [7, 11) is 1.31. The SMILES string of the molecule is COC(=O)N(Cc1ccc(/C=N/OCl)c(F)c1)C(C)(C)C. The molecule has 0 saturated carbocycles. The number of benzene rings is 1. The average molecular weight is 317 g/mol. The van der Waals surface area contributed by atoms with E-state index in [2.05, 4.69) is 9.55 Å². The first kappa shape index (κ1) is 17.2. The second-order valence-electron chi connectivity index (χ2n) is 5.39. The van der Waals surface area contributed by atoms with Crippen molar-refractivity contribution in [2.75, 3.05) is 7.11 Å². The van der Waals surface area contributed by atoms with E-state index in [4.69, 9.17) is 16.6 Å². The highest BCUT2D eigenvalue weighted by Crippen LogP contribution is 2.19. The van der Waals surface area contributed by atoms with Crippen LogP contribution in [0.4, 0.5) is 9.18 Å². The van der Waals surface area contributed by atoms with Gasteiger partial charge in [0.05, 0.1) is 13.3 Å². The fraction of sp³-hybridized carbons (Fsp3) is 0.429. The maximum absolute atomic E-state index is 13.9. The average Bonchev–Trinajstić information content (AvgIpc) is 2.41. The predicted molar refractivity (Wildman–Crippen MR) is 78.6 cm³/mol.